The average molecular weight is 246 g/mol. The summed E-state index contributed by atoms with van der Waals surface area (Å²) in [5, 5.41) is 7.97. The number of halogens is 1. The van der Waals surface area contributed by atoms with Gasteiger partial charge in [0, 0.05) is 32.5 Å². The maximum absolute atomic E-state index is 5.62. The molecule has 0 radical (unpaired) electrons. The number of hydrogen-bond acceptors (Lipinski definition) is 5. The predicted molar refractivity (Wildman–Crippen MR) is 61.0 cm³/mol. The molecule has 2 heterocycles. The largest absolute Gasteiger partial charge is 0.408 e. The van der Waals surface area contributed by atoms with Crippen molar-refractivity contribution in [3.63, 3.8) is 0 Å². The normalized spacial score (nSPS) is 21.4. The lowest BCUT2D eigenvalue weighted by molar-refractivity contribution is 0.0879. The minimum Gasteiger partial charge on any atom is -0.408 e. The summed E-state index contributed by atoms with van der Waals surface area (Å²) in [5.74, 6) is 1.10. The Morgan fingerprint density at radius 2 is 2.44 bits per heavy atom. The number of hydrogen-bond donors (Lipinski definition) is 0. The summed E-state index contributed by atoms with van der Waals surface area (Å²) >= 11 is 5.62. The van der Waals surface area contributed by atoms with E-state index in [4.69, 9.17) is 20.8 Å². The summed E-state index contributed by atoms with van der Waals surface area (Å²) in [6, 6.07) is 0.585. The molecule has 0 aromatic carbocycles. The molecule has 1 aromatic rings. The van der Waals surface area contributed by atoms with Crippen LogP contribution in [0.25, 0.3) is 0 Å². The second kappa shape index (κ2) is 5.50. The molecular formula is C10H16ClN3O2. The summed E-state index contributed by atoms with van der Waals surface area (Å²) in [5.41, 5.74) is 0. The highest BCUT2D eigenvalue weighted by Crippen LogP contribution is 2.19. The molecule has 2 rings (SSSR count). The molecule has 0 aliphatic carbocycles. The van der Waals surface area contributed by atoms with Crippen LogP contribution >= 0.6 is 11.6 Å². The lowest BCUT2D eigenvalue weighted by Gasteiger charge is -2.30. The van der Waals surface area contributed by atoms with Crippen LogP contribution in [-0.4, -0.2) is 42.4 Å². The van der Waals surface area contributed by atoms with E-state index in [0.29, 0.717) is 24.2 Å². The minimum absolute atomic E-state index is 0.261. The zero-order chi connectivity index (χ0) is 11.4. The number of alkyl halides is 1. The molecule has 0 bridgehead atoms. The molecule has 1 aromatic heterocycles. The van der Waals surface area contributed by atoms with E-state index in [9.17, 15) is 0 Å². The standard InChI is InChI=1S/C10H16ClN3O2/c1-15-8-3-2-6-14(7-8)10-13-12-9(16-10)4-5-11/h8H,2-7H2,1H3. The van der Waals surface area contributed by atoms with Gasteiger partial charge in [-0.15, -0.1) is 16.7 Å². The smallest absolute Gasteiger partial charge is 0.318 e. The van der Waals surface area contributed by atoms with Crippen molar-refractivity contribution in [1.29, 1.82) is 0 Å². The highest BCUT2D eigenvalue weighted by atomic mass is 35.5. The van der Waals surface area contributed by atoms with E-state index < -0.39 is 0 Å². The van der Waals surface area contributed by atoms with E-state index in [1.165, 1.54) is 0 Å². The second-order valence-corrected chi connectivity index (χ2v) is 4.24. The number of rotatable bonds is 4. The third kappa shape index (κ3) is 2.65. The van der Waals surface area contributed by atoms with E-state index in [1.54, 1.807) is 7.11 Å². The molecule has 16 heavy (non-hydrogen) atoms. The first kappa shape index (κ1) is 11.7. The summed E-state index contributed by atoms with van der Waals surface area (Å²) in [4.78, 5) is 2.07. The Bertz CT molecular complexity index is 332. The van der Waals surface area contributed by atoms with Crippen LogP contribution < -0.4 is 4.90 Å². The molecule has 1 saturated heterocycles. The topological polar surface area (TPSA) is 51.4 Å². The third-order valence-corrected chi connectivity index (χ3v) is 2.94. The molecule has 0 spiro atoms. The molecule has 1 atom stereocenters. The second-order valence-electron chi connectivity index (χ2n) is 3.86. The number of piperidine rings is 1. The molecule has 5 nitrogen and oxygen atoms in total. The molecule has 1 aliphatic heterocycles. The summed E-state index contributed by atoms with van der Waals surface area (Å²) in [6.45, 7) is 1.77. The zero-order valence-corrected chi connectivity index (χ0v) is 10.1. The van der Waals surface area contributed by atoms with Crippen molar-refractivity contribution in [3.05, 3.63) is 5.89 Å². The van der Waals surface area contributed by atoms with Gasteiger partial charge in [0.25, 0.3) is 0 Å². The van der Waals surface area contributed by atoms with E-state index in [2.05, 4.69) is 15.1 Å². The van der Waals surface area contributed by atoms with Crippen LogP contribution in [0.15, 0.2) is 4.42 Å². The van der Waals surface area contributed by atoms with Crippen molar-refractivity contribution in [2.75, 3.05) is 31.0 Å². The monoisotopic (exact) mass is 245 g/mol. The number of methoxy groups -OCH3 is 1. The van der Waals surface area contributed by atoms with Crippen molar-refractivity contribution in [1.82, 2.24) is 10.2 Å². The van der Waals surface area contributed by atoms with E-state index in [0.717, 1.165) is 25.9 Å². The fraction of sp³-hybridized carbons (Fsp3) is 0.800. The van der Waals surface area contributed by atoms with Crippen LogP contribution in [0, 0.1) is 0 Å². The van der Waals surface area contributed by atoms with Crippen molar-refractivity contribution < 1.29 is 9.15 Å². The highest BCUT2D eigenvalue weighted by Gasteiger charge is 2.23. The first-order chi connectivity index (χ1) is 7.83. The molecular weight excluding hydrogens is 230 g/mol. The van der Waals surface area contributed by atoms with Crippen molar-refractivity contribution in [2.45, 2.75) is 25.4 Å². The van der Waals surface area contributed by atoms with Crippen LogP contribution in [0.5, 0.6) is 0 Å². The van der Waals surface area contributed by atoms with Gasteiger partial charge >= 0.3 is 6.01 Å². The number of anilines is 1. The Kier molecular flexibility index (Phi) is 4.01. The highest BCUT2D eigenvalue weighted by molar-refractivity contribution is 6.17. The van der Waals surface area contributed by atoms with Gasteiger partial charge in [0.05, 0.1) is 6.10 Å². The molecule has 1 fully saturated rings. The van der Waals surface area contributed by atoms with Gasteiger partial charge < -0.3 is 14.1 Å². The molecule has 1 unspecified atom stereocenters. The number of nitrogens with zero attached hydrogens (tertiary/aromatic N) is 3. The molecule has 0 saturated carbocycles. The van der Waals surface area contributed by atoms with Gasteiger partial charge in [-0.3, -0.25) is 0 Å². The molecule has 90 valence electrons. The SMILES string of the molecule is COC1CCCN(c2nnc(CCCl)o2)C1. The van der Waals surface area contributed by atoms with Crippen molar-refractivity contribution in [2.24, 2.45) is 0 Å². The lowest BCUT2D eigenvalue weighted by Crippen LogP contribution is -2.39. The molecule has 6 heteroatoms. The molecule has 0 amide bonds. The first-order valence-electron chi connectivity index (χ1n) is 5.49. The summed E-state index contributed by atoms with van der Waals surface area (Å²) < 4.78 is 10.9. The van der Waals surface area contributed by atoms with Gasteiger partial charge in [-0.1, -0.05) is 5.10 Å². The maximum atomic E-state index is 5.62. The van der Waals surface area contributed by atoms with Crippen LogP contribution in [0.1, 0.15) is 18.7 Å². The zero-order valence-electron chi connectivity index (χ0n) is 9.36. The van der Waals surface area contributed by atoms with Crippen LogP contribution in [-0.2, 0) is 11.2 Å². The van der Waals surface area contributed by atoms with Gasteiger partial charge in [0.15, 0.2) is 0 Å². The molecule has 0 N–H and O–H groups in total. The number of aryl methyl sites for hydroxylation is 1. The van der Waals surface area contributed by atoms with Crippen molar-refractivity contribution in [3.8, 4) is 0 Å². The van der Waals surface area contributed by atoms with E-state index >= 15 is 0 Å². The van der Waals surface area contributed by atoms with E-state index in [1.807, 2.05) is 0 Å². The lowest BCUT2D eigenvalue weighted by atomic mass is 10.1. The van der Waals surface area contributed by atoms with Gasteiger partial charge in [-0.05, 0) is 12.8 Å². The third-order valence-electron chi connectivity index (χ3n) is 2.75. The average Bonchev–Trinajstić information content (AvgIpc) is 2.78. The fourth-order valence-corrected chi connectivity index (χ4v) is 2.02. The van der Waals surface area contributed by atoms with Gasteiger partial charge in [-0.2, -0.15) is 0 Å². The Labute approximate surface area is 99.7 Å². The number of aromatic nitrogens is 2. The maximum Gasteiger partial charge on any atom is 0.318 e. The van der Waals surface area contributed by atoms with E-state index in [-0.39, 0.29) is 6.10 Å². The predicted octanol–water partition coefficient (Wildman–Crippen LogP) is 1.47. The van der Waals surface area contributed by atoms with Gasteiger partial charge in [0.1, 0.15) is 0 Å². The van der Waals surface area contributed by atoms with Crippen LogP contribution in [0.2, 0.25) is 0 Å². The Morgan fingerprint density at radius 1 is 1.56 bits per heavy atom. The van der Waals surface area contributed by atoms with Gasteiger partial charge in [-0.25, -0.2) is 0 Å². The minimum atomic E-state index is 0.261. The first-order valence-corrected chi connectivity index (χ1v) is 6.03. The Morgan fingerprint density at radius 3 is 3.19 bits per heavy atom. The quantitative estimate of drug-likeness (QED) is 0.752. The van der Waals surface area contributed by atoms with Crippen LogP contribution in [0.3, 0.4) is 0 Å². The Balaban J connectivity index is 1.99. The van der Waals surface area contributed by atoms with Crippen molar-refractivity contribution >= 4 is 17.6 Å². The van der Waals surface area contributed by atoms with Gasteiger partial charge in [0.2, 0.25) is 5.89 Å². The van der Waals surface area contributed by atoms with Crippen LogP contribution in [0.4, 0.5) is 6.01 Å². The summed E-state index contributed by atoms with van der Waals surface area (Å²) in [7, 11) is 1.74. The Hall–Kier alpha value is -0.810. The summed E-state index contributed by atoms with van der Waals surface area (Å²) in [6.07, 6.45) is 3.06. The fourth-order valence-electron chi connectivity index (χ4n) is 1.86. The molecule has 1 aliphatic rings. The number of ether oxygens (including phenoxy) is 1.